The average Bonchev–Trinajstić information content (AvgIpc) is 3.15. The van der Waals surface area contributed by atoms with Gasteiger partial charge in [0.1, 0.15) is 5.75 Å². The van der Waals surface area contributed by atoms with Crippen LogP contribution < -0.4 is 4.74 Å². The number of hydrogen-bond donors (Lipinski definition) is 1. The topological polar surface area (TPSA) is 85.6 Å². The monoisotopic (exact) mass is 543 g/mol. The lowest BCUT2D eigenvalue weighted by Gasteiger charge is -2.14. The first-order valence-corrected chi connectivity index (χ1v) is 11.7. The zero-order chi connectivity index (χ0) is 27.2. The van der Waals surface area contributed by atoms with Crippen LogP contribution in [0.5, 0.6) is 5.75 Å². The normalized spacial score (nSPS) is 12.6. The van der Waals surface area contributed by atoms with E-state index in [-0.39, 0.29) is 28.6 Å². The third-order valence-electron chi connectivity index (χ3n) is 5.32. The van der Waals surface area contributed by atoms with Crippen LogP contribution in [0.25, 0.3) is 10.9 Å². The Morgan fingerprint density at radius 2 is 1.57 bits per heavy atom. The van der Waals surface area contributed by atoms with E-state index >= 15 is 0 Å². The van der Waals surface area contributed by atoms with Crippen molar-refractivity contribution in [2.75, 3.05) is 0 Å². The molecule has 1 aromatic heterocycles. The molecule has 0 fully saturated rings. The third-order valence-corrected chi connectivity index (χ3v) is 7.08. The minimum absolute atomic E-state index is 0.000424. The van der Waals surface area contributed by atoms with Crippen LogP contribution in [0.15, 0.2) is 77.7 Å². The lowest BCUT2D eigenvalue weighted by atomic mass is 10.1. The predicted molar refractivity (Wildman–Crippen MR) is 119 cm³/mol. The summed E-state index contributed by atoms with van der Waals surface area (Å²) in [4.78, 5) is 10.5. The fourth-order valence-electron chi connectivity index (χ4n) is 3.74. The Kier molecular flexibility index (Phi) is 6.44. The van der Waals surface area contributed by atoms with E-state index in [1.165, 1.54) is 30.3 Å². The van der Waals surface area contributed by atoms with E-state index < -0.39 is 44.7 Å². The molecule has 0 aliphatic heterocycles. The number of nitrogens with zero attached hydrogens (tertiary/aromatic N) is 1. The summed E-state index contributed by atoms with van der Waals surface area (Å²) in [5.41, 5.74) is -0.748. The van der Waals surface area contributed by atoms with E-state index in [1.807, 2.05) is 0 Å². The van der Waals surface area contributed by atoms with Gasteiger partial charge in [-0.05, 0) is 54.1 Å². The molecule has 37 heavy (non-hydrogen) atoms. The molecule has 0 amide bonds. The van der Waals surface area contributed by atoms with Gasteiger partial charge in [-0.15, -0.1) is 13.2 Å². The summed E-state index contributed by atoms with van der Waals surface area (Å²) in [7, 11) is -4.63. The first kappa shape index (κ1) is 26.1. The van der Waals surface area contributed by atoms with Crippen molar-refractivity contribution in [3.63, 3.8) is 0 Å². The second-order valence-corrected chi connectivity index (χ2v) is 9.66. The molecule has 6 nitrogen and oxygen atoms in total. The van der Waals surface area contributed by atoms with Gasteiger partial charge in [0, 0.05) is 23.6 Å². The smallest absolute Gasteiger partial charge is 0.478 e. The Morgan fingerprint density at radius 1 is 0.892 bits per heavy atom. The Balaban J connectivity index is 1.88. The average molecular weight is 543 g/mol. The highest BCUT2D eigenvalue weighted by Crippen LogP contribution is 2.35. The van der Waals surface area contributed by atoms with Gasteiger partial charge in [-0.1, -0.05) is 18.2 Å². The van der Waals surface area contributed by atoms with E-state index in [1.54, 1.807) is 0 Å². The molecule has 4 rings (SSSR count). The quantitative estimate of drug-likeness (QED) is 0.298. The van der Waals surface area contributed by atoms with E-state index in [4.69, 9.17) is 5.11 Å². The third kappa shape index (κ3) is 5.56. The number of aromatic nitrogens is 1. The summed E-state index contributed by atoms with van der Waals surface area (Å²) in [5.74, 6) is -1.99. The molecule has 0 unspecified atom stereocenters. The Morgan fingerprint density at radius 3 is 2.16 bits per heavy atom. The van der Waals surface area contributed by atoms with Gasteiger partial charge in [-0.25, -0.2) is 17.2 Å². The molecule has 0 aliphatic carbocycles. The predicted octanol–water partition coefficient (Wildman–Crippen LogP) is 6.08. The van der Waals surface area contributed by atoms with E-state index in [0.29, 0.717) is 17.7 Å². The summed E-state index contributed by atoms with van der Waals surface area (Å²) in [6.45, 7) is 0. The highest BCUT2D eigenvalue weighted by atomic mass is 32.2. The molecule has 0 aliphatic rings. The standard InChI is InChI=1S/C24H15F6NO5S/c25-23(26,27)17-8-9-21-16(11-17)12-18(10-14-4-6-15(7-5-14)22(32)33)31(21)37(34,35)20-3-1-2-19(13-20)36-24(28,29)30/h1-9,11-13H,10H2,(H,32,33). The number of fused-ring (bicyclic) bond motifs is 1. The van der Waals surface area contributed by atoms with Crippen molar-refractivity contribution < 1.29 is 49.4 Å². The highest BCUT2D eigenvalue weighted by molar-refractivity contribution is 7.90. The van der Waals surface area contributed by atoms with Gasteiger partial charge in [-0.3, -0.25) is 0 Å². The molecule has 0 bridgehead atoms. The maximum atomic E-state index is 13.6. The number of aromatic carboxylic acids is 1. The van der Waals surface area contributed by atoms with Crippen LogP contribution in [0.3, 0.4) is 0 Å². The molecular weight excluding hydrogens is 528 g/mol. The molecule has 0 spiro atoms. The van der Waals surface area contributed by atoms with Crippen LogP contribution >= 0.6 is 0 Å². The summed E-state index contributed by atoms with van der Waals surface area (Å²) in [5, 5.41) is 9.00. The van der Waals surface area contributed by atoms with Crippen molar-refractivity contribution in [1.29, 1.82) is 0 Å². The first-order chi connectivity index (χ1) is 17.1. The van der Waals surface area contributed by atoms with Gasteiger partial charge in [0.25, 0.3) is 10.0 Å². The van der Waals surface area contributed by atoms with Crippen molar-refractivity contribution >= 4 is 26.9 Å². The van der Waals surface area contributed by atoms with Crippen LogP contribution in [0, 0.1) is 0 Å². The van der Waals surface area contributed by atoms with Gasteiger partial charge in [0.15, 0.2) is 0 Å². The van der Waals surface area contributed by atoms with Gasteiger partial charge in [0.05, 0.1) is 21.5 Å². The summed E-state index contributed by atoms with van der Waals surface area (Å²) >= 11 is 0. The molecule has 1 heterocycles. The van der Waals surface area contributed by atoms with Crippen molar-refractivity contribution in [2.24, 2.45) is 0 Å². The SMILES string of the molecule is O=C(O)c1ccc(Cc2cc3cc(C(F)(F)F)ccc3n2S(=O)(=O)c2cccc(OC(F)(F)F)c2)cc1. The second kappa shape index (κ2) is 9.14. The number of carboxylic acid groups (broad SMARTS) is 1. The molecule has 194 valence electrons. The van der Waals surface area contributed by atoms with Crippen LogP contribution in [-0.4, -0.2) is 29.8 Å². The largest absolute Gasteiger partial charge is 0.573 e. The Bertz CT molecular complexity index is 1590. The van der Waals surface area contributed by atoms with Crippen LogP contribution in [0.4, 0.5) is 26.3 Å². The van der Waals surface area contributed by atoms with Crippen LogP contribution in [0.2, 0.25) is 0 Å². The number of rotatable bonds is 6. The Hall–Kier alpha value is -4.00. The minimum Gasteiger partial charge on any atom is -0.478 e. The number of ether oxygens (including phenoxy) is 1. The molecule has 0 saturated heterocycles. The number of halogens is 6. The van der Waals surface area contributed by atoms with Crippen LogP contribution in [0.1, 0.15) is 27.2 Å². The zero-order valence-corrected chi connectivity index (χ0v) is 19.2. The molecule has 0 radical (unpaired) electrons. The van der Waals surface area contributed by atoms with Crippen LogP contribution in [-0.2, 0) is 22.6 Å². The van der Waals surface area contributed by atoms with Gasteiger partial charge >= 0.3 is 18.5 Å². The van der Waals surface area contributed by atoms with Crippen molar-refractivity contribution in [3.8, 4) is 5.75 Å². The van der Waals surface area contributed by atoms with Gasteiger partial charge in [0.2, 0.25) is 0 Å². The number of carboxylic acids is 1. The highest BCUT2D eigenvalue weighted by Gasteiger charge is 2.33. The minimum atomic E-state index is -5.08. The summed E-state index contributed by atoms with van der Waals surface area (Å²) in [6.07, 6.45) is -9.93. The maximum absolute atomic E-state index is 13.6. The maximum Gasteiger partial charge on any atom is 0.573 e. The molecule has 0 saturated carbocycles. The van der Waals surface area contributed by atoms with Gasteiger partial charge in [-0.2, -0.15) is 13.2 Å². The number of alkyl halides is 6. The van der Waals surface area contributed by atoms with E-state index in [0.717, 1.165) is 34.3 Å². The molecule has 0 atom stereocenters. The lowest BCUT2D eigenvalue weighted by molar-refractivity contribution is -0.274. The van der Waals surface area contributed by atoms with Crippen molar-refractivity contribution in [1.82, 2.24) is 3.97 Å². The van der Waals surface area contributed by atoms with E-state index in [2.05, 4.69) is 4.74 Å². The van der Waals surface area contributed by atoms with Crippen molar-refractivity contribution in [3.05, 3.63) is 95.2 Å². The fraction of sp³-hybridized carbons (Fsp3) is 0.125. The zero-order valence-electron chi connectivity index (χ0n) is 18.3. The molecule has 13 heteroatoms. The number of hydrogen-bond acceptors (Lipinski definition) is 4. The molecular formula is C24H15F6NO5S. The molecule has 4 aromatic rings. The van der Waals surface area contributed by atoms with Crippen molar-refractivity contribution in [2.45, 2.75) is 23.9 Å². The number of benzene rings is 3. The summed E-state index contributed by atoms with van der Waals surface area (Å²) in [6, 6.07) is 12.7. The molecule has 1 N–H and O–H groups in total. The summed E-state index contributed by atoms with van der Waals surface area (Å²) < 4.78 is 110. The fourth-order valence-corrected chi connectivity index (χ4v) is 5.32. The second-order valence-electron chi connectivity index (χ2n) is 7.88. The van der Waals surface area contributed by atoms with Gasteiger partial charge < -0.3 is 9.84 Å². The van der Waals surface area contributed by atoms with E-state index in [9.17, 15) is 39.6 Å². The number of carbonyl (C=O) groups is 1. The Labute approximate surface area is 205 Å². The first-order valence-electron chi connectivity index (χ1n) is 10.3. The molecule has 3 aromatic carbocycles. The lowest BCUT2D eigenvalue weighted by Crippen LogP contribution is -2.19.